The highest BCUT2D eigenvalue weighted by molar-refractivity contribution is 5.15. The number of nitrogens with one attached hydrogen (secondary N) is 1. The number of aromatic nitrogens is 1. The molecule has 0 aliphatic carbocycles. The first-order valence-corrected chi connectivity index (χ1v) is 3.34. The van der Waals surface area contributed by atoms with Crippen LogP contribution in [0.1, 0.15) is 11.3 Å². The Morgan fingerprint density at radius 1 is 1.60 bits per heavy atom. The highest BCUT2D eigenvalue weighted by atomic mass is 16.3. The Hall–Kier alpha value is -0.800. The summed E-state index contributed by atoms with van der Waals surface area (Å²) in [5, 5.41) is 8.67. The first-order valence-electron chi connectivity index (χ1n) is 3.34. The van der Waals surface area contributed by atoms with E-state index in [-0.39, 0.29) is 6.61 Å². The standard InChI is InChI=1S/C7H12N2O/c8-2-1-7-3-6(5-10)4-9-7/h3-4,9-10H,1-2,5,8H2. The number of rotatable bonds is 3. The molecule has 0 saturated carbocycles. The van der Waals surface area contributed by atoms with E-state index in [4.69, 9.17) is 10.8 Å². The van der Waals surface area contributed by atoms with Crippen molar-refractivity contribution in [2.24, 2.45) is 5.73 Å². The molecule has 0 aromatic carbocycles. The molecular weight excluding hydrogens is 128 g/mol. The lowest BCUT2D eigenvalue weighted by Gasteiger charge is -1.88. The molecule has 3 nitrogen and oxygen atoms in total. The smallest absolute Gasteiger partial charge is 0.0696 e. The molecule has 4 N–H and O–H groups in total. The van der Waals surface area contributed by atoms with Crippen LogP contribution >= 0.6 is 0 Å². The summed E-state index contributed by atoms with van der Waals surface area (Å²) in [6, 6.07) is 1.92. The maximum atomic E-state index is 8.67. The first kappa shape index (κ1) is 7.31. The zero-order valence-corrected chi connectivity index (χ0v) is 5.80. The van der Waals surface area contributed by atoms with E-state index < -0.39 is 0 Å². The summed E-state index contributed by atoms with van der Waals surface area (Å²) < 4.78 is 0. The number of aliphatic hydroxyl groups is 1. The average Bonchev–Trinajstić information content (AvgIpc) is 2.37. The van der Waals surface area contributed by atoms with Gasteiger partial charge in [-0.2, -0.15) is 0 Å². The summed E-state index contributed by atoms with van der Waals surface area (Å²) in [4.78, 5) is 3.02. The predicted octanol–water partition coefficient (Wildman–Crippen LogP) is 0.00820. The quantitative estimate of drug-likeness (QED) is 0.553. The fraction of sp³-hybridized carbons (Fsp3) is 0.429. The van der Waals surface area contributed by atoms with Crippen molar-refractivity contribution >= 4 is 0 Å². The summed E-state index contributed by atoms with van der Waals surface area (Å²) in [6.45, 7) is 0.743. The van der Waals surface area contributed by atoms with Gasteiger partial charge in [0, 0.05) is 11.9 Å². The molecule has 56 valence electrons. The van der Waals surface area contributed by atoms with Gasteiger partial charge < -0.3 is 15.8 Å². The maximum Gasteiger partial charge on any atom is 0.0696 e. The molecule has 0 radical (unpaired) electrons. The van der Waals surface area contributed by atoms with E-state index in [1.807, 2.05) is 6.07 Å². The highest BCUT2D eigenvalue weighted by Gasteiger charge is 1.94. The van der Waals surface area contributed by atoms with Gasteiger partial charge in [0.25, 0.3) is 0 Å². The van der Waals surface area contributed by atoms with Gasteiger partial charge in [0.15, 0.2) is 0 Å². The fourth-order valence-electron chi connectivity index (χ4n) is 0.884. The van der Waals surface area contributed by atoms with Crippen molar-refractivity contribution in [3.05, 3.63) is 23.5 Å². The summed E-state index contributed by atoms with van der Waals surface area (Å²) in [5.41, 5.74) is 7.34. The minimum Gasteiger partial charge on any atom is -0.392 e. The van der Waals surface area contributed by atoms with Crippen LogP contribution in [0.25, 0.3) is 0 Å². The van der Waals surface area contributed by atoms with Crippen molar-refractivity contribution in [3.8, 4) is 0 Å². The molecule has 0 amide bonds. The van der Waals surface area contributed by atoms with Gasteiger partial charge >= 0.3 is 0 Å². The van der Waals surface area contributed by atoms with E-state index >= 15 is 0 Å². The SMILES string of the molecule is NCCc1cc(CO)c[nH]1. The third-order valence-corrected chi connectivity index (χ3v) is 1.40. The molecule has 0 bridgehead atoms. The van der Waals surface area contributed by atoms with Crippen LogP contribution in [0, 0.1) is 0 Å². The molecule has 1 aromatic rings. The third kappa shape index (κ3) is 1.59. The van der Waals surface area contributed by atoms with Gasteiger partial charge in [-0.1, -0.05) is 0 Å². The second kappa shape index (κ2) is 3.39. The maximum absolute atomic E-state index is 8.67. The lowest BCUT2D eigenvalue weighted by atomic mass is 10.3. The van der Waals surface area contributed by atoms with Crippen molar-refractivity contribution in [1.82, 2.24) is 4.98 Å². The Kier molecular flexibility index (Phi) is 2.48. The second-order valence-corrected chi connectivity index (χ2v) is 2.23. The molecule has 3 heteroatoms. The van der Waals surface area contributed by atoms with Gasteiger partial charge in [0.05, 0.1) is 6.61 Å². The van der Waals surface area contributed by atoms with Gasteiger partial charge in [0.1, 0.15) is 0 Å². The van der Waals surface area contributed by atoms with Crippen LogP contribution in [0.5, 0.6) is 0 Å². The minimum absolute atomic E-state index is 0.0983. The van der Waals surface area contributed by atoms with E-state index in [0.717, 1.165) is 17.7 Å². The monoisotopic (exact) mass is 140 g/mol. The first-order chi connectivity index (χ1) is 4.86. The third-order valence-electron chi connectivity index (χ3n) is 1.40. The molecular formula is C7H12N2O. The van der Waals surface area contributed by atoms with E-state index in [1.165, 1.54) is 0 Å². The molecule has 0 fully saturated rings. The molecule has 0 aliphatic rings. The number of aromatic amines is 1. The number of hydrogen-bond donors (Lipinski definition) is 3. The van der Waals surface area contributed by atoms with Gasteiger partial charge in [0.2, 0.25) is 0 Å². The van der Waals surface area contributed by atoms with Gasteiger partial charge in [-0.25, -0.2) is 0 Å². The van der Waals surface area contributed by atoms with Gasteiger partial charge in [-0.05, 0) is 24.6 Å². The predicted molar refractivity (Wildman–Crippen MR) is 39.5 cm³/mol. The Labute approximate surface area is 59.9 Å². The number of nitrogens with two attached hydrogens (primary N) is 1. The zero-order chi connectivity index (χ0) is 7.40. The van der Waals surface area contributed by atoms with Crippen LogP contribution in [0.4, 0.5) is 0 Å². The summed E-state index contributed by atoms with van der Waals surface area (Å²) in [7, 11) is 0. The van der Waals surface area contributed by atoms with Crippen molar-refractivity contribution < 1.29 is 5.11 Å². The Bertz CT molecular complexity index is 195. The lowest BCUT2D eigenvalue weighted by Crippen LogP contribution is -2.02. The number of hydrogen-bond acceptors (Lipinski definition) is 2. The van der Waals surface area contributed by atoms with Crippen molar-refractivity contribution in [1.29, 1.82) is 0 Å². The Balaban J connectivity index is 2.59. The molecule has 1 heterocycles. The molecule has 0 aliphatic heterocycles. The molecule has 1 rings (SSSR count). The van der Waals surface area contributed by atoms with Crippen LogP contribution in [0.15, 0.2) is 12.3 Å². The molecule has 10 heavy (non-hydrogen) atoms. The Morgan fingerprint density at radius 2 is 2.40 bits per heavy atom. The van der Waals surface area contributed by atoms with Crippen molar-refractivity contribution in [3.63, 3.8) is 0 Å². The van der Waals surface area contributed by atoms with Crippen LogP contribution in [0.2, 0.25) is 0 Å². The average molecular weight is 140 g/mol. The molecule has 1 aromatic heterocycles. The Morgan fingerprint density at radius 3 is 2.90 bits per heavy atom. The van der Waals surface area contributed by atoms with E-state index in [0.29, 0.717) is 6.54 Å². The normalized spacial score (nSPS) is 10.2. The van der Waals surface area contributed by atoms with E-state index in [2.05, 4.69) is 4.98 Å². The summed E-state index contributed by atoms with van der Waals surface area (Å²) in [6.07, 6.45) is 2.64. The number of aliphatic hydroxyl groups excluding tert-OH is 1. The molecule has 0 atom stereocenters. The van der Waals surface area contributed by atoms with Crippen molar-refractivity contribution in [2.45, 2.75) is 13.0 Å². The van der Waals surface area contributed by atoms with Gasteiger partial charge in [-0.15, -0.1) is 0 Å². The largest absolute Gasteiger partial charge is 0.392 e. The highest BCUT2D eigenvalue weighted by Crippen LogP contribution is 2.02. The van der Waals surface area contributed by atoms with E-state index in [1.54, 1.807) is 6.20 Å². The fourth-order valence-corrected chi connectivity index (χ4v) is 0.884. The van der Waals surface area contributed by atoms with Crippen LogP contribution in [-0.2, 0) is 13.0 Å². The van der Waals surface area contributed by atoms with Crippen LogP contribution < -0.4 is 5.73 Å². The van der Waals surface area contributed by atoms with Gasteiger partial charge in [-0.3, -0.25) is 0 Å². The van der Waals surface area contributed by atoms with Crippen molar-refractivity contribution in [2.75, 3.05) is 6.54 Å². The molecule has 0 unspecified atom stereocenters. The summed E-state index contributed by atoms with van der Waals surface area (Å²) >= 11 is 0. The zero-order valence-electron chi connectivity index (χ0n) is 5.80. The topological polar surface area (TPSA) is 62.0 Å². The summed E-state index contributed by atoms with van der Waals surface area (Å²) in [5.74, 6) is 0. The minimum atomic E-state index is 0.0983. The van der Waals surface area contributed by atoms with E-state index in [9.17, 15) is 0 Å². The molecule has 0 saturated heterocycles. The van der Waals surface area contributed by atoms with Crippen LogP contribution in [0.3, 0.4) is 0 Å². The van der Waals surface area contributed by atoms with Crippen LogP contribution in [-0.4, -0.2) is 16.6 Å². The number of H-pyrrole nitrogens is 1. The second-order valence-electron chi connectivity index (χ2n) is 2.23. The lowest BCUT2D eigenvalue weighted by molar-refractivity contribution is 0.282. The molecule has 0 spiro atoms.